The molecule has 0 unspecified atom stereocenters. The van der Waals surface area contributed by atoms with Gasteiger partial charge in [-0.15, -0.1) is 16.4 Å². The second kappa shape index (κ2) is 4.47. The van der Waals surface area contributed by atoms with Crippen LogP contribution in [0.5, 0.6) is 0 Å². The van der Waals surface area contributed by atoms with Crippen LogP contribution in [0.4, 0.5) is 0 Å². The number of hydrogen-bond donors (Lipinski definition) is 1. The van der Waals surface area contributed by atoms with Crippen molar-refractivity contribution in [2.45, 2.75) is 6.92 Å². The van der Waals surface area contributed by atoms with Gasteiger partial charge in [0.05, 0.1) is 9.88 Å². The molecule has 2 heterocycles. The molecule has 3 rings (SSSR count). The lowest BCUT2D eigenvalue weighted by Crippen LogP contribution is -1.82. The van der Waals surface area contributed by atoms with E-state index >= 15 is 0 Å². The van der Waals surface area contributed by atoms with Crippen molar-refractivity contribution in [2.75, 3.05) is 0 Å². The van der Waals surface area contributed by atoms with E-state index in [1.54, 1.807) is 11.3 Å². The first kappa shape index (κ1) is 11.3. The van der Waals surface area contributed by atoms with E-state index in [2.05, 4.69) is 15.2 Å². The summed E-state index contributed by atoms with van der Waals surface area (Å²) in [6.07, 6.45) is 0. The van der Waals surface area contributed by atoms with E-state index in [0.29, 0.717) is 5.89 Å². The van der Waals surface area contributed by atoms with Gasteiger partial charge in [0.1, 0.15) is 5.69 Å². The molecule has 4 nitrogen and oxygen atoms in total. The fraction of sp³-hybridized carbons (Fsp3) is 0.0833. The molecule has 0 fully saturated rings. The van der Waals surface area contributed by atoms with Crippen molar-refractivity contribution in [3.8, 4) is 22.0 Å². The lowest BCUT2D eigenvalue weighted by atomic mass is 10.1. The third-order valence-corrected chi connectivity index (χ3v) is 3.61. The van der Waals surface area contributed by atoms with Gasteiger partial charge in [0.2, 0.25) is 0 Å². The molecule has 0 aliphatic rings. The number of rotatable bonds is 2. The number of aryl methyl sites for hydroxylation is 1. The van der Waals surface area contributed by atoms with E-state index in [1.807, 2.05) is 37.3 Å². The Balaban J connectivity index is 2.19. The molecule has 0 saturated heterocycles. The summed E-state index contributed by atoms with van der Waals surface area (Å²) in [5, 5.41) is 7.62. The molecular weight excluding hydrogens is 266 g/mol. The van der Waals surface area contributed by atoms with Crippen molar-refractivity contribution in [3.63, 3.8) is 0 Å². The van der Waals surface area contributed by atoms with Crippen LogP contribution in [0, 0.1) is 11.8 Å². The van der Waals surface area contributed by atoms with Gasteiger partial charge in [-0.1, -0.05) is 30.3 Å². The molecule has 0 radical (unpaired) electrons. The molecule has 0 amide bonds. The summed E-state index contributed by atoms with van der Waals surface area (Å²) >= 11 is 6.50. The van der Waals surface area contributed by atoms with Gasteiger partial charge in [-0.25, -0.2) is 10.1 Å². The second-order valence-corrected chi connectivity index (χ2v) is 5.27. The summed E-state index contributed by atoms with van der Waals surface area (Å²) in [4.78, 5) is 5.77. The van der Waals surface area contributed by atoms with Gasteiger partial charge in [0.15, 0.2) is 0 Å². The van der Waals surface area contributed by atoms with E-state index in [-0.39, 0.29) is 4.84 Å². The van der Waals surface area contributed by atoms with Crippen LogP contribution >= 0.6 is 23.6 Å². The Hall–Kier alpha value is -1.79. The molecule has 6 heteroatoms. The van der Waals surface area contributed by atoms with Crippen molar-refractivity contribution in [2.24, 2.45) is 0 Å². The lowest BCUT2D eigenvalue weighted by Gasteiger charge is -1.97. The van der Waals surface area contributed by atoms with Crippen molar-refractivity contribution >= 4 is 23.6 Å². The van der Waals surface area contributed by atoms with Gasteiger partial charge in [-0.2, -0.15) is 0 Å². The first-order valence-electron chi connectivity index (χ1n) is 5.33. The van der Waals surface area contributed by atoms with Crippen LogP contribution in [0.2, 0.25) is 0 Å². The number of benzene rings is 1. The minimum Gasteiger partial charge on any atom is -0.408 e. The largest absolute Gasteiger partial charge is 0.408 e. The van der Waals surface area contributed by atoms with E-state index < -0.39 is 0 Å². The molecule has 0 saturated carbocycles. The normalized spacial score (nSPS) is 10.7. The van der Waals surface area contributed by atoms with Crippen LogP contribution < -0.4 is 0 Å². The quantitative estimate of drug-likeness (QED) is 0.722. The molecular formula is C12H9N3OS2. The third kappa shape index (κ3) is 2.00. The predicted octanol–water partition coefficient (Wildman–Crippen LogP) is 3.83. The van der Waals surface area contributed by atoms with Crippen molar-refractivity contribution in [3.05, 3.63) is 40.2 Å². The number of nitrogens with one attached hydrogen (secondary N) is 1. The van der Waals surface area contributed by atoms with Crippen molar-refractivity contribution < 1.29 is 4.42 Å². The molecule has 3 aromatic rings. The highest BCUT2D eigenvalue weighted by Gasteiger charge is 2.16. The fourth-order valence-corrected chi connectivity index (χ4v) is 2.73. The predicted molar refractivity (Wildman–Crippen MR) is 73.0 cm³/mol. The van der Waals surface area contributed by atoms with Crippen LogP contribution in [0.3, 0.4) is 0 Å². The summed E-state index contributed by atoms with van der Waals surface area (Å²) < 4.78 is 5.34. The Morgan fingerprint density at radius 2 is 2.06 bits per heavy atom. The highest BCUT2D eigenvalue weighted by Crippen LogP contribution is 2.35. The molecule has 0 spiro atoms. The van der Waals surface area contributed by atoms with Crippen LogP contribution in [-0.4, -0.2) is 15.2 Å². The highest BCUT2D eigenvalue weighted by molar-refractivity contribution is 7.71. The van der Waals surface area contributed by atoms with Gasteiger partial charge in [0.25, 0.3) is 10.7 Å². The Morgan fingerprint density at radius 3 is 2.72 bits per heavy atom. The van der Waals surface area contributed by atoms with Crippen LogP contribution in [0.25, 0.3) is 22.0 Å². The molecule has 90 valence electrons. The maximum absolute atomic E-state index is 5.34. The average Bonchev–Trinajstić information content (AvgIpc) is 2.96. The van der Waals surface area contributed by atoms with Gasteiger partial charge in [-0.3, -0.25) is 0 Å². The van der Waals surface area contributed by atoms with Gasteiger partial charge in [0, 0.05) is 0 Å². The SMILES string of the molecule is Cc1nc(-c2n[nH]c(=S)o2)c(-c2ccccc2)s1. The highest BCUT2D eigenvalue weighted by atomic mass is 32.1. The van der Waals surface area contributed by atoms with E-state index in [1.165, 1.54) is 0 Å². The minimum absolute atomic E-state index is 0.259. The van der Waals surface area contributed by atoms with E-state index in [9.17, 15) is 0 Å². The second-order valence-electron chi connectivity index (χ2n) is 3.69. The minimum atomic E-state index is 0.259. The molecule has 0 atom stereocenters. The maximum Gasteiger partial charge on any atom is 0.284 e. The Kier molecular flexibility index (Phi) is 2.81. The van der Waals surface area contributed by atoms with E-state index in [4.69, 9.17) is 16.6 Å². The zero-order valence-electron chi connectivity index (χ0n) is 9.51. The van der Waals surface area contributed by atoms with Crippen molar-refractivity contribution in [1.29, 1.82) is 0 Å². The summed E-state index contributed by atoms with van der Waals surface area (Å²) in [5.74, 6) is 0.434. The van der Waals surface area contributed by atoms with Gasteiger partial charge < -0.3 is 4.42 Å². The number of nitrogens with zero attached hydrogens (tertiary/aromatic N) is 2. The molecule has 0 bridgehead atoms. The average molecular weight is 275 g/mol. The summed E-state index contributed by atoms with van der Waals surface area (Å²) in [5.41, 5.74) is 1.83. The number of thiazole rings is 1. The lowest BCUT2D eigenvalue weighted by molar-refractivity contribution is 0.550. The Morgan fingerprint density at radius 1 is 1.28 bits per heavy atom. The monoisotopic (exact) mass is 275 g/mol. The molecule has 1 N–H and O–H groups in total. The molecule has 1 aromatic carbocycles. The van der Waals surface area contributed by atoms with Gasteiger partial charge >= 0.3 is 0 Å². The van der Waals surface area contributed by atoms with Crippen molar-refractivity contribution in [1.82, 2.24) is 15.2 Å². The first-order chi connectivity index (χ1) is 8.74. The molecule has 0 aliphatic heterocycles. The third-order valence-electron chi connectivity index (χ3n) is 2.41. The zero-order valence-corrected chi connectivity index (χ0v) is 11.1. The zero-order chi connectivity index (χ0) is 12.5. The van der Waals surface area contributed by atoms with Crippen LogP contribution in [0.15, 0.2) is 34.7 Å². The summed E-state index contributed by atoms with van der Waals surface area (Å²) in [6.45, 7) is 1.96. The number of H-pyrrole nitrogens is 1. The number of aromatic nitrogens is 3. The Bertz CT molecular complexity index is 727. The molecule has 18 heavy (non-hydrogen) atoms. The maximum atomic E-state index is 5.34. The molecule has 2 aromatic heterocycles. The summed E-state index contributed by atoms with van der Waals surface area (Å²) in [6, 6.07) is 10.1. The van der Waals surface area contributed by atoms with E-state index in [0.717, 1.165) is 21.1 Å². The molecule has 0 aliphatic carbocycles. The first-order valence-corrected chi connectivity index (χ1v) is 6.55. The number of aromatic amines is 1. The fourth-order valence-electron chi connectivity index (χ4n) is 1.69. The topological polar surface area (TPSA) is 54.7 Å². The van der Waals surface area contributed by atoms with Gasteiger partial charge in [-0.05, 0) is 24.7 Å². The van der Waals surface area contributed by atoms with Crippen LogP contribution in [0.1, 0.15) is 5.01 Å². The Labute approximate surface area is 112 Å². The summed E-state index contributed by atoms with van der Waals surface area (Å²) in [7, 11) is 0. The van der Waals surface area contributed by atoms with Crippen LogP contribution in [-0.2, 0) is 0 Å². The standard InChI is InChI=1S/C12H9N3OS2/c1-7-13-9(11-14-15-12(17)16-11)10(18-7)8-5-3-2-4-6-8/h2-6H,1H3,(H,15,17). The smallest absolute Gasteiger partial charge is 0.284 e. The number of hydrogen-bond acceptors (Lipinski definition) is 5.